The minimum Gasteiger partial charge on any atom is -0.456 e. The van der Waals surface area contributed by atoms with Gasteiger partial charge >= 0.3 is 0 Å². The molecule has 0 aliphatic rings. The smallest absolute Gasteiger partial charge is 0.136 e. The van der Waals surface area contributed by atoms with E-state index in [2.05, 4.69) is 48.5 Å². The third-order valence-electron chi connectivity index (χ3n) is 7.40. The molecule has 0 unspecified atom stereocenters. The molecule has 0 spiro atoms. The summed E-state index contributed by atoms with van der Waals surface area (Å²) in [5, 5.41) is 4.80. The van der Waals surface area contributed by atoms with Crippen LogP contribution in [0.5, 0.6) is 0 Å². The molecular weight excluding hydrogens is 472 g/mol. The predicted octanol–water partition coefficient (Wildman–Crippen LogP) is 10.9. The highest BCUT2D eigenvalue weighted by Gasteiger charge is 2.17. The second kappa shape index (κ2) is 8.72. The van der Waals surface area contributed by atoms with Crippen LogP contribution in [0.15, 0.2) is 150 Å². The number of hydrogen-bond donors (Lipinski definition) is 0. The Kier molecular flexibility index (Phi) is 3.57. The van der Waals surface area contributed by atoms with E-state index in [4.69, 9.17) is 14.0 Å². The molecule has 39 heavy (non-hydrogen) atoms. The molecule has 1 nitrogen and oxygen atoms in total. The van der Waals surface area contributed by atoms with Crippen molar-refractivity contribution in [2.24, 2.45) is 0 Å². The monoisotopic (exact) mass is 503 g/mol. The highest BCUT2D eigenvalue weighted by Crippen LogP contribution is 2.44. The van der Waals surface area contributed by atoms with Crippen LogP contribution in [0.4, 0.5) is 0 Å². The lowest BCUT2D eigenvalue weighted by molar-refractivity contribution is 0.669. The molecule has 0 aliphatic carbocycles. The summed E-state index contributed by atoms with van der Waals surface area (Å²) in [6.45, 7) is 0. The average molecular weight is 504 g/mol. The van der Waals surface area contributed by atoms with Crippen LogP contribution in [0.1, 0.15) is 9.60 Å². The maximum Gasteiger partial charge on any atom is 0.136 e. The van der Waals surface area contributed by atoms with Crippen molar-refractivity contribution in [1.82, 2.24) is 0 Å². The molecule has 182 valence electrons. The van der Waals surface area contributed by atoms with Gasteiger partial charge in [0.25, 0.3) is 0 Å². The first-order valence-electron chi connectivity index (χ1n) is 16.3. The topological polar surface area (TPSA) is 13.1 Å². The Hall–Kier alpha value is -5.14. The van der Waals surface area contributed by atoms with Gasteiger partial charge in [-0.05, 0) is 67.0 Å². The highest BCUT2D eigenvalue weighted by atomic mass is 16.3. The lowest BCUT2D eigenvalue weighted by Gasteiger charge is -2.18. The fourth-order valence-corrected chi connectivity index (χ4v) is 5.74. The zero-order valence-corrected chi connectivity index (χ0v) is 20.7. The summed E-state index contributed by atoms with van der Waals surface area (Å²) < 4.78 is 65.2. The fraction of sp³-hybridized carbons (Fsp3) is 0. The van der Waals surface area contributed by atoms with Crippen LogP contribution in [0.25, 0.3) is 76.9 Å². The SMILES string of the molecule is [2H]c1c([2H])c([2H])c2c(oc3c([2H])c([2H])c([2H])c(-c4ccc(-c5c6ccccc6c(-c6ccccc6)c6ccccc56)cc4)c32)c1[2H]. The molecule has 1 aromatic heterocycles. The van der Waals surface area contributed by atoms with Gasteiger partial charge < -0.3 is 4.42 Å². The van der Waals surface area contributed by atoms with Crippen molar-refractivity contribution in [3.63, 3.8) is 0 Å². The molecule has 0 fully saturated rings. The van der Waals surface area contributed by atoms with E-state index in [9.17, 15) is 0 Å². The van der Waals surface area contributed by atoms with Crippen LogP contribution >= 0.6 is 0 Å². The minimum absolute atomic E-state index is 0.0319. The molecule has 1 heteroatoms. The summed E-state index contributed by atoms with van der Waals surface area (Å²) >= 11 is 0. The zero-order valence-electron chi connectivity index (χ0n) is 27.7. The van der Waals surface area contributed by atoms with Gasteiger partial charge in [0.2, 0.25) is 0 Å². The van der Waals surface area contributed by atoms with Crippen LogP contribution in [0.2, 0.25) is 0 Å². The molecule has 0 saturated heterocycles. The molecule has 7 aromatic carbocycles. The average Bonchev–Trinajstić information content (AvgIpc) is 3.49. The van der Waals surface area contributed by atoms with Crippen molar-refractivity contribution in [2.75, 3.05) is 0 Å². The minimum atomic E-state index is -0.441. The quantitative estimate of drug-likeness (QED) is 0.219. The molecule has 0 N–H and O–H groups in total. The van der Waals surface area contributed by atoms with Crippen molar-refractivity contribution in [3.8, 4) is 33.4 Å². The Balaban J connectivity index is 1.40. The first-order valence-corrected chi connectivity index (χ1v) is 12.8. The van der Waals surface area contributed by atoms with Crippen molar-refractivity contribution in [2.45, 2.75) is 0 Å². The van der Waals surface area contributed by atoms with Crippen LogP contribution in [-0.4, -0.2) is 0 Å². The van der Waals surface area contributed by atoms with Gasteiger partial charge in [-0.25, -0.2) is 0 Å². The second-order valence-corrected chi connectivity index (χ2v) is 9.54. The van der Waals surface area contributed by atoms with Gasteiger partial charge in [-0.3, -0.25) is 0 Å². The Bertz CT molecular complexity index is 2480. The Morgan fingerprint density at radius 2 is 0.923 bits per heavy atom. The first kappa shape index (κ1) is 16.0. The van der Waals surface area contributed by atoms with Gasteiger partial charge in [0, 0.05) is 10.8 Å². The van der Waals surface area contributed by atoms with E-state index in [1.165, 1.54) is 5.56 Å². The summed E-state index contributed by atoms with van der Waals surface area (Å²) in [7, 11) is 0. The summed E-state index contributed by atoms with van der Waals surface area (Å²) in [5.41, 5.74) is 5.09. The molecule has 0 atom stereocenters. The van der Waals surface area contributed by atoms with E-state index in [-0.39, 0.29) is 52.2 Å². The normalized spacial score (nSPS) is 14.1. The van der Waals surface area contributed by atoms with Crippen LogP contribution < -0.4 is 0 Å². The summed E-state index contributed by atoms with van der Waals surface area (Å²) in [6, 6.07) is 32.4. The molecule has 8 rings (SSSR count). The maximum absolute atomic E-state index is 8.89. The van der Waals surface area contributed by atoms with Gasteiger partial charge in [0.05, 0.1) is 9.60 Å². The molecule has 0 saturated carbocycles. The zero-order chi connectivity index (χ0) is 31.9. The van der Waals surface area contributed by atoms with Gasteiger partial charge in [-0.15, -0.1) is 0 Å². The number of furan rings is 1. The first-order chi connectivity index (χ1) is 22.3. The Labute approximate surface area is 236 Å². The van der Waals surface area contributed by atoms with E-state index >= 15 is 0 Å². The van der Waals surface area contributed by atoms with E-state index in [1.807, 2.05) is 54.6 Å². The molecule has 8 aromatic rings. The van der Waals surface area contributed by atoms with E-state index in [0.717, 1.165) is 38.2 Å². The lowest BCUT2D eigenvalue weighted by Crippen LogP contribution is -1.90. The number of benzene rings is 7. The lowest BCUT2D eigenvalue weighted by atomic mass is 9.85. The highest BCUT2D eigenvalue weighted by molar-refractivity contribution is 6.21. The molecule has 0 bridgehead atoms. The summed E-state index contributed by atoms with van der Waals surface area (Å²) in [6.07, 6.45) is 0. The molecule has 0 radical (unpaired) electrons. The van der Waals surface area contributed by atoms with Gasteiger partial charge in [0.1, 0.15) is 11.2 Å². The summed E-state index contributed by atoms with van der Waals surface area (Å²) in [5.74, 6) is 0. The van der Waals surface area contributed by atoms with Crippen molar-refractivity contribution < 1.29 is 14.0 Å². The van der Waals surface area contributed by atoms with Crippen molar-refractivity contribution in [1.29, 1.82) is 0 Å². The molecular formula is C38H24O. The van der Waals surface area contributed by atoms with E-state index in [1.54, 1.807) is 0 Å². The third kappa shape index (κ3) is 3.41. The molecule has 1 heterocycles. The third-order valence-corrected chi connectivity index (χ3v) is 7.40. The Morgan fingerprint density at radius 3 is 1.56 bits per heavy atom. The van der Waals surface area contributed by atoms with Crippen LogP contribution in [0, 0.1) is 0 Å². The van der Waals surface area contributed by atoms with E-state index < -0.39 is 12.1 Å². The fourth-order valence-electron chi connectivity index (χ4n) is 5.74. The van der Waals surface area contributed by atoms with Crippen molar-refractivity contribution in [3.05, 3.63) is 145 Å². The Morgan fingerprint density at radius 1 is 0.410 bits per heavy atom. The number of para-hydroxylation sites is 1. The van der Waals surface area contributed by atoms with Gasteiger partial charge in [0.15, 0.2) is 0 Å². The maximum atomic E-state index is 8.89. The molecule has 0 aliphatic heterocycles. The van der Waals surface area contributed by atoms with Gasteiger partial charge in [-0.1, -0.05) is 133 Å². The summed E-state index contributed by atoms with van der Waals surface area (Å²) in [4.78, 5) is 0. The number of rotatable bonds is 3. The second-order valence-electron chi connectivity index (χ2n) is 9.54. The van der Waals surface area contributed by atoms with Crippen LogP contribution in [0.3, 0.4) is 0 Å². The van der Waals surface area contributed by atoms with Gasteiger partial charge in [-0.2, -0.15) is 0 Å². The standard InChI is InChI=1S/C38H24O/c1-2-11-26(12-3-1)36-29-13-4-6-15-31(29)37(32-16-7-5-14-30(32)36)27-23-21-25(22-24-27)28-18-10-20-35-38(28)33-17-8-9-19-34(33)39-35/h1-24H/i8D,9D,10D,17D,18D,19D,20D. The number of fused-ring (bicyclic) bond motifs is 5. The van der Waals surface area contributed by atoms with E-state index in [0.29, 0.717) is 11.1 Å². The predicted molar refractivity (Wildman–Crippen MR) is 165 cm³/mol. The van der Waals surface area contributed by atoms with Crippen molar-refractivity contribution >= 4 is 43.5 Å². The largest absolute Gasteiger partial charge is 0.456 e. The number of hydrogen-bond acceptors (Lipinski definition) is 1. The van der Waals surface area contributed by atoms with Crippen LogP contribution in [-0.2, 0) is 0 Å². The molecule has 0 amide bonds.